The Hall–Kier alpha value is -1.82. The van der Waals surface area contributed by atoms with E-state index in [1.807, 2.05) is 30.1 Å². The van der Waals surface area contributed by atoms with Crippen molar-refractivity contribution in [3.63, 3.8) is 0 Å². The first-order valence-corrected chi connectivity index (χ1v) is 7.68. The first-order valence-electron chi connectivity index (χ1n) is 7.68. The topological polar surface area (TPSA) is 44.1 Å². The Balaban J connectivity index is 2.07. The fraction of sp³-hybridized carbons (Fsp3) is 0.556. The van der Waals surface area contributed by atoms with Crippen molar-refractivity contribution in [3.05, 3.63) is 35.4 Å². The highest BCUT2D eigenvalue weighted by atomic mass is 16.2. The van der Waals surface area contributed by atoms with Gasteiger partial charge in [0.1, 0.15) is 0 Å². The smallest absolute Gasteiger partial charge is 0.226 e. The van der Waals surface area contributed by atoms with Gasteiger partial charge in [-0.15, -0.1) is 0 Å². The minimum Gasteiger partial charge on any atom is -0.341 e. The van der Waals surface area contributed by atoms with Crippen LogP contribution in [0.1, 0.15) is 50.7 Å². The van der Waals surface area contributed by atoms with Crippen LogP contribution in [0.2, 0.25) is 0 Å². The Morgan fingerprint density at radius 3 is 2.86 bits per heavy atom. The van der Waals surface area contributed by atoms with E-state index >= 15 is 0 Å². The van der Waals surface area contributed by atoms with Gasteiger partial charge in [-0.25, -0.2) is 0 Å². The Kier molecular flexibility index (Phi) is 4.67. The predicted molar refractivity (Wildman–Crippen MR) is 83.4 cm³/mol. The molecule has 0 bridgehead atoms. The van der Waals surface area contributed by atoms with Gasteiger partial charge in [0, 0.05) is 19.5 Å². The third kappa shape index (κ3) is 3.64. The van der Waals surface area contributed by atoms with Gasteiger partial charge in [-0.05, 0) is 36.0 Å². The fourth-order valence-electron chi connectivity index (χ4n) is 3.31. The highest BCUT2D eigenvalue weighted by Crippen LogP contribution is 2.41. The molecule has 0 spiro atoms. The second-order valence-electron chi connectivity index (χ2n) is 6.79. The van der Waals surface area contributed by atoms with Crippen LogP contribution in [0, 0.1) is 22.7 Å². The molecule has 1 fully saturated rings. The molecule has 3 heteroatoms. The van der Waals surface area contributed by atoms with Crippen LogP contribution in [0.15, 0.2) is 24.3 Å². The molecule has 2 rings (SSSR count). The van der Waals surface area contributed by atoms with E-state index in [9.17, 15) is 4.79 Å². The van der Waals surface area contributed by atoms with Crippen molar-refractivity contribution in [1.82, 2.24) is 4.90 Å². The van der Waals surface area contributed by atoms with Crippen molar-refractivity contribution in [2.24, 2.45) is 11.3 Å². The average Bonchev–Trinajstić information content (AvgIpc) is 2.46. The number of benzene rings is 1. The van der Waals surface area contributed by atoms with Crippen LogP contribution in [0.5, 0.6) is 0 Å². The van der Waals surface area contributed by atoms with Gasteiger partial charge in [0.25, 0.3) is 0 Å². The Labute approximate surface area is 127 Å². The van der Waals surface area contributed by atoms with Crippen molar-refractivity contribution in [1.29, 1.82) is 5.26 Å². The molecule has 0 heterocycles. The summed E-state index contributed by atoms with van der Waals surface area (Å²) < 4.78 is 0. The van der Waals surface area contributed by atoms with Gasteiger partial charge in [0.2, 0.25) is 5.91 Å². The third-order valence-electron chi connectivity index (χ3n) is 4.66. The molecule has 0 saturated heterocycles. The molecular weight excluding hydrogens is 260 g/mol. The molecule has 0 N–H and O–H groups in total. The number of carbonyl (C=O) groups is 1. The minimum absolute atomic E-state index is 0.0953. The molecule has 0 radical (unpaired) electrons. The highest BCUT2D eigenvalue weighted by molar-refractivity contribution is 5.79. The fourth-order valence-corrected chi connectivity index (χ4v) is 3.31. The maximum atomic E-state index is 12.7. The predicted octanol–water partition coefficient (Wildman–Crippen LogP) is 3.73. The Bertz CT molecular complexity index is 557. The summed E-state index contributed by atoms with van der Waals surface area (Å²) in [6, 6.07) is 9.63. The summed E-state index contributed by atoms with van der Waals surface area (Å²) in [6.45, 7) is 4.98. The van der Waals surface area contributed by atoms with Crippen LogP contribution in [-0.4, -0.2) is 17.9 Å². The maximum Gasteiger partial charge on any atom is 0.226 e. The minimum atomic E-state index is 0.0953. The second kappa shape index (κ2) is 6.30. The molecule has 112 valence electrons. The number of carbonyl (C=O) groups excluding carboxylic acids is 1. The summed E-state index contributed by atoms with van der Waals surface area (Å²) in [5, 5.41) is 8.95. The van der Waals surface area contributed by atoms with Gasteiger partial charge in [-0.1, -0.05) is 38.8 Å². The molecule has 1 aliphatic rings. The SMILES string of the molecule is CN(Cc1cccc(C#N)c1)C(=O)C1CCCCC1(C)C. The lowest BCUT2D eigenvalue weighted by molar-refractivity contribution is -0.140. The van der Waals surface area contributed by atoms with Gasteiger partial charge in [0.15, 0.2) is 0 Å². The lowest BCUT2D eigenvalue weighted by atomic mass is 9.68. The van der Waals surface area contributed by atoms with Crippen LogP contribution in [0.25, 0.3) is 0 Å². The van der Waals surface area contributed by atoms with Crippen molar-refractivity contribution in [2.75, 3.05) is 7.05 Å². The summed E-state index contributed by atoms with van der Waals surface area (Å²) in [6.07, 6.45) is 4.50. The van der Waals surface area contributed by atoms with E-state index in [1.54, 1.807) is 6.07 Å². The molecule has 1 aromatic carbocycles. The van der Waals surface area contributed by atoms with E-state index in [0.717, 1.165) is 24.8 Å². The van der Waals surface area contributed by atoms with E-state index < -0.39 is 0 Å². The van der Waals surface area contributed by atoms with Crippen molar-refractivity contribution < 1.29 is 4.79 Å². The molecule has 1 aliphatic carbocycles. The molecule has 3 nitrogen and oxygen atoms in total. The van der Waals surface area contributed by atoms with E-state index in [0.29, 0.717) is 12.1 Å². The molecule has 1 unspecified atom stereocenters. The number of amides is 1. The standard InChI is InChI=1S/C18H24N2O/c1-18(2)10-5-4-9-16(18)17(21)20(3)13-15-8-6-7-14(11-15)12-19/h6-8,11,16H,4-5,9-10,13H2,1-3H3. The van der Waals surface area contributed by atoms with Crippen molar-refractivity contribution in [2.45, 2.75) is 46.1 Å². The number of hydrogen-bond acceptors (Lipinski definition) is 2. The van der Waals surface area contributed by atoms with Crippen molar-refractivity contribution >= 4 is 5.91 Å². The number of nitrogens with zero attached hydrogens (tertiary/aromatic N) is 2. The first kappa shape index (κ1) is 15.6. The van der Waals surface area contributed by atoms with Gasteiger partial charge in [-0.2, -0.15) is 5.26 Å². The van der Waals surface area contributed by atoms with Crippen LogP contribution in [0.4, 0.5) is 0 Å². The van der Waals surface area contributed by atoms with Crippen molar-refractivity contribution in [3.8, 4) is 6.07 Å². The van der Waals surface area contributed by atoms with Gasteiger partial charge in [0.05, 0.1) is 11.6 Å². The van der Waals surface area contributed by atoms with E-state index in [1.165, 1.54) is 6.42 Å². The van der Waals surface area contributed by atoms with E-state index in [-0.39, 0.29) is 17.2 Å². The quantitative estimate of drug-likeness (QED) is 0.848. The first-order chi connectivity index (χ1) is 9.94. The maximum absolute atomic E-state index is 12.7. The lowest BCUT2D eigenvalue weighted by Gasteiger charge is -2.39. The lowest BCUT2D eigenvalue weighted by Crippen LogP contribution is -2.41. The van der Waals surface area contributed by atoms with Crippen LogP contribution < -0.4 is 0 Å². The zero-order valence-corrected chi connectivity index (χ0v) is 13.2. The molecule has 21 heavy (non-hydrogen) atoms. The summed E-state index contributed by atoms with van der Waals surface area (Å²) in [7, 11) is 1.87. The monoisotopic (exact) mass is 284 g/mol. The zero-order chi connectivity index (χ0) is 15.5. The molecule has 1 aromatic rings. The van der Waals surface area contributed by atoms with Crippen LogP contribution in [0.3, 0.4) is 0 Å². The zero-order valence-electron chi connectivity index (χ0n) is 13.2. The summed E-state index contributed by atoms with van der Waals surface area (Å²) in [5.74, 6) is 0.359. The van der Waals surface area contributed by atoms with E-state index in [4.69, 9.17) is 5.26 Å². The van der Waals surface area contributed by atoms with Gasteiger partial charge < -0.3 is 4.90 Å². The third-order valence-corrected chi connectivity index (χ3v) is 4.66. The highest BCUT2D eigenvalue weighted by Gasteiger charge is 2.38. The van der Waals surface area contributed by atoms with Crippen LogP contribution in [-0.2, 0) is 11.3 Å². The molecule has 0 aromatic heterocycles. The Morgan fingerprint density at radius 1 is 1.43 bits per heavy atom. The van der Waals surface area contributed by atoms with Gasteiger partial charge in [-0.3, -0.25) is 4.79 Å². The van der Waals surface area contributed by atoms with E-state index in [2.05, 4.69) is 19.9 Å². The van der Waals surface area contributed by atoms with Crippen LogP contribution >= 0.6 is 0 Å². The normalized spacial score (nSPS) is 20.6. The molecular formula is C18H24N2O. The average molecular weight is 284 g/mol. The molecule has 0 aliphatic heterocycles. The number of nitriles is 1. The number of hydrogen-bond donors (Lipinski definition) is 0. The molecule has 1 atom stereocenters. The Morgan fingerprint density at radius 2 is 2.19 bits per heavy atom. The summed E-state index contributed by atoms with van der Waals surface area (Å²) in [5.41, 5.74) is 1.75. The summed E-state index contributed by atoms with van der Waals surface area (Å²) >= 11 is 0. The van der Waals surface area contributed by atoms with Gasteiger partial charge >= 0.3 is 0 Å². The second-order valence-corrected chi connectivity index (χ2v) is 6.79. The molecule has 1 saturated carbocycles. The molecule has 1 amide bonds. The summed E-state index contributed by atoms with van der Waals surface area (Å²) in [4.78, 5) is 14.5. The number of rotatable bonds is 3. The largest absolute Gasteiger partial charge is 0.341 e.